The van der Waals surface area contributed by atoms with E-state index in [1.807, 2.05) is 6.92 Å². The minimum Gasteiger partial charge on any atom is -0.349 e. The Morgan fingerprint density at radius 1 is 1.45 bits per heavy atom. The number of hydrogen-bond donors (Lipinski definition) is 2. The fourth-order valence-corrected chi connectivity index (χ4v) is 2.75. The van der Waals surface area contributed by atoms with E-state index >= 15 is 0 Å². The van der Waals surface area contributed by atoms with Gasteiger partial charge in [0.1, 0.15) is 0 Å². The predicted octanol–water partition coefficient (Wildman–Crippen LogP) is 3.53. The molecule has 1 aromatic rings. The third-order valence-electron chi connectivity index (χ3n) is 3.57. The summed E-state index contributed by atoms with van der Waals surface area (Å²) in [5.74, 6) is 0.307. The van der Waals surface area contributed by atoms with Gasteiger partial charge in [0.2, 0.25) is 0 Å². The van der Waals surface area contributed by atoms with Gasteiger partial charge < -0.3 is 10.6 Å². The topological polar surface area (TPSA) is 41.1 Å². The Morgan fingerprint density at radius 2 is 2.20 bits per heavy atom. The van der Waals surface area contributed by atoms with Gasteiger partial charge >= 0.3 is 0 Å². The lowest BCUT2D eigenvalue weighted by molar-refractivity contribution is 0.0922. The van der Waals surface area contributed by atoms with E-state index in [1.165, 1.54) is 0 Å². The molecule has 1 amide bonds. The number of benzene rings is 1. The van der Waals surface area contributed by atoms with Crippen molar-refractivity contribution in [1.29, 1.82) is 0 Å². The highest BCUT2D eigenvalue weighted by Crippen LogP contribution is 2.21. The lowest BCUT2D eigenvalue weighted by Crippen LogP contribution is -2.44. The first-order chi connectivity index (χ1) is 9.08. The SMILES string of the molecule is CC(NC(=O)c1cc(Cl)ccc1Cl)C1CCCNC1.Cl. The number of rotatable bonds is 3. The van der Waals surface area contributed by atoms with E-state index in [-0.39, 0.29) is 24.4 Å². The van der Waals surface area contributed by atoms with Crippen LogP contribution < -0.4 is 10.6 Å². The highest BCUT2D eigenvalue weighted by atomic mass is 35.5. The quantitative estimate of drug-likeness (QED) is 0.886. The van der Waals surface area contributed by atoms with Crippen molar-refractivity contribution in [3.05, 3.63) is 33.8 Å². The molecule has 2 N–H and O–H groups in total. The first kappa shape index (κ1) is 17.6. The molecule has 0 saturated carbocycles. The monoisotopic (exact) mass is 336 g/mol. The molecule has 1 heterocycles. The van der Waals surface area contributed by atoms with Crippen molar-refractivity contribution in [3.63, 3.8) is 0 Å². The maximum Gasteiger partial charge on any atom is 0.253 e. The second-order valence-corrected chi connectivity index (χ2v) is 5.84. The van der Waals surface area contributed by atoms with Crippen LogP contribution in [0.4, 0.5) is 0 Å². The van der Waals surface area contributed by atoms with Crippen LogP contribution in [0.1, 0.15) is 30.1 Å². The van der Waals surface area contributed by atoms with Gasteiger partial charge in [0.05, 0.1) is 10.6 Å². The second-order valence-electron chi connectivity index (χ2n) is 4.99. The Labute approximate surface area is 135 Å². The summed E-state index contributed by atoms with van der Waals surface area (Å²) in [5.41, 5.74) is 0.435. The standard InChI is InChI=1S/C14H18Cl2N2O.ClH/c1-9(10-3-2-6-17-8-10)18-14(19)12-7-11(15)4-5-13(12)16;/h4-5,7,9-10,17H,2-3,6,8H2,1H3,(H,18,19);1H. The van der Waals surface area contributed by atoms with Crippen LogP contribution in [-0.2, 0) is 0 Å². The third-order valence-corrected chi connectivity index (χ3v) is 4.14. The van der Waals surface area contributed by atoms with Gasteiger partial charge in [0.25, 0.3) is 5.91 Å². The van der Waals surface area contributed by atoms with Gasteiger partial charge in [0, 0.05) is 11.1 Å². The van der Waals surface area contributed by atoms with Crippen LogP contribution >= 0.6 is 35.6 Å². The van der Waals surface area contributed by atoms with Crippen LogP contribution in [0.3, 0.4) is 0 Å². The lowest BCUT2D eigenvalue weighted by atomic mass is 9.92. The van der Waals surface area contributed by atoms with Crippen molar-refractivity contribution in [1.82, 2.24) is 10.6 Å². The van der Waals surface area contributed by atoms with E-state index in [0.717, 1.165) is 25.9 Å². The van der Waals surface area contributed by atoms with E-state index in [9.17, 15) is 4.79 Å². The molecule has 0 spiro atoms. The van der Waals surface area contributed by atoms with Gasteiger partial charge in [-0.1, -0.05) is 23.2 Å². The minimum atomic E-state index is -0.162. The van der Waals surface area contributed by atoms with Gasteiger partial charge in [-0.15, -0.1) is 12.4 Å². The summed E-state index contributed by atoms with van der Waals surface area (Å²) in [6.45, 7) is 4.05. The summed E-state index contributed by atoms with van der Waals surface area (Å²) in [6.07, 6.45) is 2.29. The van der Waals surface area contributed by atoms with Crippen molar-refractivity contribution < 1.29 is 4.79 Å². The molecule has 3 nitrogen and oxygen atoms in total. The molecule has 1 fully saturated rings. The normalized spacial score (nSPS) is 19.9. The molecule has 1 saturated heterocycles. The first-order valence-electron chi connectivity index (χ1n) is 6.54. The zero-order chi connectivity index (χ0) is 13.8. The molecule has 1 aromatic carbocycles. The van der Waals surface area contributed by atoms with Gasteiger partial charge in [-0.05, 0) is 57.0 Å². The number of hydrogen-bond acceptors (Lipinski definition) is 2. The molecule has 6 heteroatoms. The van der Waals surface area contributed by atoms with Crippen LogP contribution in [0.25, 0.3) is 0 Å². The number of carbonyl (C=O) groups excluding carboxylic acids is 1. The summed E-state index contributed by atoms with van der Waals surface area (Å²) in [6, 6.07) is 5.04. The number of nitrogens with one attached hydrogen (secondary N) is 2. The molecule has 0 aliphatic carbocycles. The molecular weight excluding hydrogens is 319 g/mol. The Balaban J connectivity index is 0.00000200. The fraction of sp³-hybridized carbons (Fsp3) is 0.500. The number of carbonyl (C=O) groups is 1. The zero-order valence-electron chi connectivity index (χ0n) is 11.3. The van der Waals surface area contributed by atoms with Crippen LogP contribution in [0.5, 0.6) is 0 Å². The highest BCUT2D eigenvalue weighted by molar-refractivity contribution is 6.35. The number of halogens is 3. The van der Waals surface area contributed by atoms with Crippen molar-refractivity contribution in [3.8, 4) is 0 Å². The summed E-state index contributed by atoms with van der Waals surface area (Å²) in [5, 5.41) is 7.30. The Bertz CT molecular complexity index is 462. The van der Waals surface area contributed by atoms with Crippen LogP contribution in [0.2, 0.25) is 10.0 Å². The summed E-state index contributed by atoms with van der Waals surface area (Å²) in [7, 11) is 0. The maximum absolute atomic E-state index is 12.2. The molecule has 20 heavy (non-hydrogen) atoms. The third kappa shape index (κ3) is 4.52. The molecule has 112 valence electrons. The Hall–Kier alpha value is -0.480. The minimum absolute atomic E-state index is 0. The molecule has 1 aliphatic rings. The molecule has 0 aromatic heterocycles. The average Bonchev–Trinajstić information content (AvgIpc) is 2.42. The van der Waals surface area contributed by atoms with E-state index in [2.05, 4.69) is 10.6 Å². The predicted molar refractivity (Wildman–Crippen MR) is 86.2 cm³/mol. The van der Waals surface area contributed by atoms with Crippen molar-refractivity contribution in [2.75, 3.05) is 13.1 Å². The lowest BCUT2D eigenvalue weighted by Gasteiger charge is -2.29. The van der Waals surface area contributed by atoms with E-state index in [0.29, 0.717) is 21.5 Å². The average molecular weight is 338 g/mol. The van der Waals surface area contributed by atoms with Crippen molar-refractivity contribution in [2.45, 2.75) is 25.8 Å². The van der Waals surface area contributed by atoms with Gasteiger partial charge in [-0.2, -0.15) is 0 Å². The van der Waals surface area contributed by atoms with Gasteiger partial charge in [-0.3, -0.25) is 4.79 Å². The number of piperidine rings is 1. The molecule has 1 aliphatic heterocycles. The maximum atomic E-state index is 12.2. The molecule has 2 unspecified atom stereocenters. The van der Waals surface area contributed by atoms with E-state index in [4.69, 9.17) is 23.2 Å². The highest BCUT2D eigenvalue weighted by Gasteiger charge is 2.22. The van der Waals surface area contributed by atoms with Crippen molar-refractivity contribution in [2.24, 2.45) is 5.92 Å². The van der Waals surface area contributed by atoms with E-state index in [1.54, 1.807) is 18.2 Å². The molecular formula is C14H19Cl3N2O. The van der Waals surface area contributed by atoms with Crippen LogP contribution in [0, 0.1) is 5.92 Å². The van der Waals surface area contributed by atoms with Crippen molar-refractivity contribution >= 4 is 41.5 Å². The second kappa shape index (κ2) is 8.08. The van der Waals surface area contributed by atoms with Crippen LogP contribution in [0.15, 0.2) is 18.2 Å². The Morgan fingerprint density at radius 3 is 2.85 bits per heavy atom. The van der Waals surface area contributed by atoms with Crippen LogP contribution in [-0.4, -0.2) is 25.0 Å². The fourth-order valence-electron chi connectivity index (χ4n) is 2.38. The zero-order valence-corrected chi connectivity index (χ0v) is 13.6. The van der Waals surface area contributed by atoms with Gasteiger partial charge in [0.15, 0.2) is 0 Å². The van der Waals surface area contributed by atoms with Gasteiger partial charge in [-0.25, -0.2) is 0 Å². The molecule has 2 atom stereocenters. The largest absolute Gasteiger partial charge is 0.349 e. The first-order valence-corrected chi connectivity index (χ1v) is 7.30. The summed E-state index contributed by atoms with van der Waals surface area (Å²) in [4.78, 5) is 12.2. The summed E-state index contributed by atoms with van der Waals surface area (Å²) < 4.78 is 0. The smallest absolute Gasteiger partial charge is 0.253 e. The Kier molecular flexibility index (Phi) is 7.10. The number of amides is 1. The van der Waals surface area contributed by atoms with E-state index < -0.39 is 0 Å². The molecule has 0 bridgehead atoms. The molecule has 0 radical (unpaired) electrons. The molecule has 2 rings (SSSR count). The summed E-state index contributed by atoms with van der Waals surface area (Å²) >= 11 is 11.9.